The van der Waals surface area contributed by atoms with Gasteiger partial charge in [0.2, 0.25) is 0 Å². The van der Waals surface area contributed by atoms with Crippen LogP contribution in [0.1, 0.15) is 0 Å². The first kappa shape index (κ1) is 36.9. The van der Waals surface area contributed by atoms with E-state index in [0.29, 0.717) is 0 Å². The molecule has 0 aliphatic heterocycles. The SMILES string of the molecule is CN(C(F)(F)C(F)(F)C(F)(C(=O)O)C(F)(F)F)S(=O)(=O)C(F)(F)C(F)(F)C(F)(F)C(F)(F)C(F)(F)C(F)(F)F. The van der Waals surface area contributed by atoms with Crippen LogP contribution in [0.15, 0.2) is 0 Å². The molecule has 1 atom stereocenters. The van der Waals surface area contributed by atoms with E-state index in [1.165, 1.54) is 0 Å². The molecule has 0 aliphatic carbocycles. The molecule has 0 radical (unpaired) electrons. The lowest BCUT2D eigenvalue weighted by molar-refractivity contribution is -0.433. The Kier molecular flexibility index (Phi) is 8.47. The predicted molar refractivity (Wildman–Crippen MR) is 74.9 cm³/mol. The van der Waals surface area contributed by atoms with Crippen LogP contribution in [-0.4, -0.2) is 89.8 Å². The lowest BCUT2D eigenvalue weighted by Gasteiger charge is -2.42. The van der Waals surface area contributed by atoms with Crippen LogP contribution in [0, 0.1) is 0 Å². The molecule has 0 rings (SSSR count). The van der Waals surface area contributed by atoms with E-state index in [9.17, 15) is 105 Å². The molecule has 0 heterocycles. The summed E-state index contributed by atoms with van der Waals surface area (Å²) in [6.07, 6.45) is -15.8. The van der Waals surface area contributed by atoms with Crippen molar-refractivity contribution in [3.63, 3.8) is 0 Å². The van der Waals surface area contributed by atoms with Crippen LogP contribution in [0.2, 0.25) is 0 Å². The molecule has 0 aliphatic rings. The van der Waals surface area contributed by atoms with Crippen molar-refractivity contribution >= 4 is 16.0 Å². The average molecular weight is 657 g/mol. The number of carboxylic acids is 1. The van der Waals surface area contributed by atoms with Gasteiger partial charge in [-0.25, -0.2) is 17.6 Å². The Morgan fingerprint density at radius 1 is 0.538 bits per heavy atom. The Balaban J connectivity index is 7.28. The topological polar surface area (TPSA) is 74.7 Å². The fraction of sp³-hybridized carbons (Fsp3) is 0.917. The molecular formula is C12H4F21NO4S. The molecule has 1 N–H and O–H groups in total. The molecular weight excluding hydrogens is 653 g/mol. The number of hydrogen-bond donors (Lipinski definition) is 1. The standard InChI is InChI=1S/C12H4F21NO4S/c1-34(11(30,31)4(14,15)3(13,2(35)36)9(24,25)26)39(37,38)12(32,33)8(22,23)6(18,19)5(16,17)7(20,21)10(27,28)29/h1H3,(H,35,36). The number of carboxylic acid groups (broad SMARTS) is 1. The van der Waals surface area contributed by atoms with Crippen molar-refractivity contribution in [2.45, 2.75) is 58.9 Å². The summed E-state index contributed by atoms with van der Waals surface area (Å²) >= 11 is 0. The molecule has 1 unspecified atom stereocenters. The van der Waals surface area contributed by atoms with E-state index >= 15 is 0 Å². The van der Waals surface area contributed by atoms with Crippen molar-refractivity contribution in [2.24, 2.45) is 0 Å². The van der Waals surface area contributed by atoms with Crippen molar-refractivity contribution in [1.29, 1.82) is 0 Å². The van der Waals surface area contributed by atoms with Crippen LogP contribution in [0.25, 0.3) is 0 Å². The second kappa shape index (κ2) is 8.95. The zero-order chi connectivity index (χ0) is 32.7. The van der Waals surface area contributed by atoms with E-state index in [1.54, 1.807) is 0 Å². The Morgan fingerprint density at radius 2 is 0.846 bits per heavy atom. The Labute approximate surface area is 198 Å². The van der Waals surface area contributed by atoms with Gasteiger partial charge in [0.1, 0.15) is 0 Å². The van der Waals surface area contributed by atoms with Crippen molar-refractivity contribution < 1.29 is 111 Å². The summed E-state index contributed by atoms with van der Waals surface area (Å²) < 4.78 is 295. The molecule has 27 heteroatoms. The van der Waals surface area contributed by atoms with E-state index in [1.807, 2.05) is 0 Å². The molecule has 0 saturated heterocycles. The average Bonchev–Trinajstić information content (AvgIpc) is 2.69. The molecule has 0 bridgehead atoms. The summed E-state index contributed by atoms with van der Waals surface area (Å²) in [5, 5.41) is -0.674. The second-order valence-electron chi connectivity index (χ2n) is 6.86. The summed E-state index contributed by atoms with van der Waals surface area (Å²) in [5.41, 5.74) is -7.73. The summed E-state index contributed by atoms with van der Waals surface area (Å²) in [7, 11) is -10.8. The predicted octanol–water partition coefficient (Wildman–Crippen LogP) is 5.53. The number of rotatable bonds is 10. The molecule has 0 aromatic carbocycles. The maximum Gasteiger partial charge on any atom is 0.460 e. The van der Waals surface area contributed by atoms with Crippen molar-refractivity contribution in [3.05, 3.63) is 0 Å². The molecule has 5 nitrogen and oxygen atoms in total. The van der Waals surface area contributed by atoms with Gasteiger partial charge < -0.3 is 5.11 Å². The Morgan fingerprint density at radius 3 is 1.10 bits per heavy atom. The first-order valence-electron chi connectivity index (χ1n) is 8.04. The highest BCUT2D eigenvalue weighted by Crippen LogP contribution is 2.62. The second-order valence-corrected chi connectivity index (χ2v) is 8.87. The van der Waals surface area contributed by atoms with Crippen LogP contribution in [0.5, 0.6) is 0 Å². The smallest absolute Gasteiger partial charge is 0.460 e. The number of hydrogen-bond acceptors (Lipinski definition) is 3. The number of aliphatic carboxylic acids is 1. The highest BCUT2D eigenvalue weighted by molar-refractivity contribution is 7.90. The molecule has 234 valence electrons. The highest BCUT2D eigenvalue weighted by Gasteiger charge is 2.94. The van der Waals surface area contributed by atoms with E-state index in [4.69, 9.17) is 5.11 Å². The molecule has 0 aromatic rings. The van der Waals surface area contributed by atoms with E-state index in [0.717, 1.165) is 0 Å². The van der Waals surface area contributed by atoms with Crippen LogP contribution in [0.4, 0.5) is 92.2 Å². The van der Waals surface area contributed by atoms with Gasteiger partial charge in [0.25, 0.3) is 10.0 Å². The molecule has 39 heavy (non-hydrogen) atoms. The van der Waals surface area contributed by atoms with Crippen LogP contribution in [0.3, 0.4) is 0 Å². The number of alkyl halides is 21. The molecule has 0 aromatic heterocycles. The molecule has 0 fully saturated rings. The largest absolute Gasteiger partial charge is 0.478 e. The van der Waals surface area contributed by atoms with Crippen LogP contribution >= 0.6 is 0 Å². The van der Waals surface area contributed by atoms with Gasteiger partial charge in [-0.3, -0.25) is 0 Å². The summed E-state index contributed by atoms with van der Waals surface area (Å²) in [6.45, 7) is 0. The quantitative estimate of drug-likeness (QED) is 0.248. The normalized spacial score (nSPS) is 17.8. The monoisotopic (exact) mass is 657 g/mol. The minimum Gasteiger partial charge on any atom is -0.478 e. The fourth-order valence-corrected chi connectivity index (χ4v) is 3.29. The molecule has 0 saturated carbocycles. The van der Waals surface area contributed by atoms with Crippen molar-refractivity contribution in [2.75, 3.05) is 7.05 Å². The fourth-order valence-electron chi connectivity index (χ4n) is 2.08. The van der Waals surface area contributed by atoms with Gasteiger partial charge in [0, 0.05) is 7.05 Å². The van der Waals surface area contributed by atoms with Crippen molar-refractivity contribution in [1.82, 2.24) is 4.31 Å². The van der Waals surface area contributed by atoms with Gasteiger partial charge >= 0.3 is 64.9 Å². The maximum atomic E-state index is 13.9. The van der Waals surface area contributed by atoms with Crippen LogP contribution < -0.4 is 0 Å². The lowest BCUT2D eigenvalue weighted by atomic mass is 9.95. The van der Waals surface area contributed by atoms with Gasteiger partial charge in [-0.2, -0.15) is 87.8 Å². The third-order valence-electron chi connectivity index (χ3n) is 4.48. The van der Waals surface area contributed by atoms with E-state index < -0.39 is 86.3 Å². The lowest BCUT2D eigenvalue weighted by Crippen LogP contribution is -2.74. The highest BCUT2D eigenvalue weighted by atomic mass is 32.2. The summed E-state index contributed by atoms with van der Waals surface area (Å²) in [6, 6.07) is -8.03. The summed E-state index contributed by atoms with van der Waals surface area (Å²) in [5.74, 6) is -48.2. The van der Waals surface area contributed by atoms with Crippen LogP contribution in [-0.2, 0) is 14.8 Å². The maximum absolute atomic E-state index is 13.9. The van der Waals surface area contributed by atoms with Gasteiger partial charge in [0.05, 0.1) is 0 Å². The number of sulfonamides is 1. The number of nitrogens with zero attached hydrogens (tertiary/aromatic N) is 1. The molecule has 0 spiro atoms. The Bertz CT molecular complexity index is 1060. The third-order valence-corrected chi connectivity index (χ3v) is 6.33. The van der Waals surface area contributed by atoms with Gasteiger partial charge in [-0.1, -0.05) is 0 Å². The first-order valence-corrected chi connectivity index (χ1v) is 9.48. The number of carbonyl (C=O) groups is 1. The first-order chi connectivity index (χ1) is 16.3. The Hall–Kier alpha value is -2.09. The van der Waals surface area contributed by atoms with E-state index in [-0.39, 0.29) is 0 Å². The van der Waals surface area contributed by atoms with Gasteiger partial charge in [0.15, 0.2) is 0 Å². The third kappa shape index (κ3) is 4.40. The zero-order valence-corrected chi connectivity index (χ0v) is 17.8. The van der Waals surface area contributed by atoms with Gasteiger partial charge in [-0.15, -0.1) is 4.31 Å². The number of halogens is 21. The molecule has 0 amide bonds. The summed E-state index contributed by atoms with van der Waals surface area (Å²) in [4.78, 5) is 10.3. The minimum atomic E-state index is -9.14. The van der Waals surface area contributed by atoms with Gasteiger partial charge in [-0.05, 0) is 0 Å². The minimum absolute atomic E-state index is 1.70. The van der Waals surface area contributed by atoms with Crippen molar-refractivity contribution in [3.8, 4) is 0 Å². The van der Waals surface area contributed by atoms with E-state index in [2.05, 4.69) is 0 Å². The zero-order valence-electron chi connectivity index (χ0n) is 17.0.